The number of rotatable bonds is 6. The predicted molar refractivity (Wildman–Crippen MR) is 108 cm³/mol. The second kappa shape index (κ2) is 8.54. The zero-order chi connectivity index (χ0) is 18.7. The van der Waals surface area contributed by atoms with Crippen LogP contribution in [0.2, 0.25) is 0 Å². The Labute approximate surface area is 171 Å². The monoisotopic (exact) mass is 539 g/mol. The molecule has 9 heteroatoms. The number of amides is 2. The summed E-state index contributed by atoms with van der Waals surface area (Å²) in [6.07, 6.45) is 2.35. The van der Waals surface area contributed by atoms with Crippen LogP contribution in [0.25, 0.3) is 6.08 Å². The Balaban J connectivity index is 2.28. The van der Waals surface area contributed by atoms with Crippen LogP contribution < -0.4 is 4.74 Å². The van der Waals surface area contributed by atoms with Gasteiger partial charge in [0.05, 0.1) is 12.9 Å². The lowest BCUT2D eigenvalue weighted by atomic mass is 10.2. The van der Waals surface area contributed by atoms with Gasteiger partial charge in [-0.3, -0.25) is 14.5 Å². The lowest BCUT2D eigenvalue weighted by molar-refractivity contribution is -0.139. The molecule has 1 saturated heterocycles. The third kappa shape index (κ3) is 4.76. The summed E-state index contributed by atoms with van der Waals surface area (Å²) in [5.41, 5.74) is 0.716. The van der Waals surface area contributed by atoms with E-state index >= 15 is 0 Å². The maximum absolute atomic E-state index is 12.4. The van der Waals surface area contributed by atoms with Gasteiger partial charge in [0.15, 0.2) is 6.61 Å². The zero-order valence-electron chi connectivity index (χ0n) is 13.4. The number of carbonyl (C=O) groups excluding carboxylic acids is 2. The van der Waals surface area contributed by atoms with E-state index in [2.05, 4.69) is 15.9 Å². The number of nitrogens with zero attached hydrogens (tertiary/aromatic N) is 1. The van der Waals surface area contributed by atoms with Gasteiger partial charge in [-0.05, 0) is 87.4 Å². The molecule has 0 spiro atoms. The van der Waals surface area contributed by atoms with Crippen LogP contribution in [0, 0.1) is 3.57 Å². The second-order valence-corrected chi connectivity index (χ2v) is 8.31. The van der Waals surface area contributed by atoms with E-state index in [1.807, 2.05) is 36.4 Å². The van der Waals surface area contributed by atoms with E-state index in [0.29, 0.717) is 30.7 Å². The van der Waals surface area contributed by atoms with E-state index < -0.39 is 12.6 Å². The van der Waals surface area contributed by atoms with Gasteiger partial charge in [0, 0.05) is 6.04 Å². The molecule has 0 aliphatic carbocycles. The standard InChI is InChI=1S/C16H15BrINO5S/c1-3-8(2)19-15(22)12(25-16(19)23)6-9-4-10(17)14(11(18)5-9)24-7-13(20)21/h4-6,8H,3,7H2,1-2H3,(H,20,21)/b12-6+/t8-/m0/s1. The Kier molecular flexibility index (Phi) is 6.92. The number of ether oxygens (including phenoxy) is 1. The number of carbonyl (C=O) groups is 3. The van der Waals surface area contributed by atoms with Crippen LogP contribution in [0.5, 0.6) is 5.75 Å². The third-order valence-electron chi connectivity index (χ3n) is 3.51. The first-order valence-corrected chi connectivity index (χ1v) is 10.0. The highest BCUT2D eigenvalue weighted by atomic mass is 127. The average molecular weight is 540 g/mol. The van der Waals surface area contributed by atoms with Crippen LogP contribution in [0.1, 0.15) is 25.8 Å². The van der Waals surface area contributed by atoms with Gasteiger partial charge in [-0.1, -0.05) is 6.92 Å². The molecular formula is C16H15BrINO5S. The summed E-state index contributed by atoms with van der Waals surface area (Å²) in [6, 6.07) is 3.34. The van der Waals surface area contributed by atoms with Crippen LogP contribution >= 0.6 is 50.3 Å². The molecule has 1 fully saturated rings. The summed E-state index contributed by atoms with van der Waals surface area (Å²) < 4.78 is 6.52. The van der Waals surface area contributed by atoms with Crippen molar-refractivity contribution in [2.24, 2.45) is 0 Å². The highest BCUT2D eigenvalue weighted by Gasteiger charge is 2.37. The van der Waals surface area contributed by atoms with E-state index in [0.717, 1.165) is 11.8 Å². The molecule has 1 heterocycles. The molecule has 0 bridgehead atoms. The SMILES string of the molecule is CC[C@H](C)N1C(=O)S/C(=C/c2cc(Br)c(OCC(=O)O)c(I)c2)C1=O. The number of halogens is 2. The first kappa shape index (κ1) is 20.2. The Morgan fingerprint density at radius 3 is 2.72 bits per heavy atom. The number of hydrogen-bond acceptors (Lipinski definition) is 5. The van der Waals surface area contributed by atoms with Crippen molar-refractivity contribution in [1.82, 2.24) is 4.90 Å². The second-order valence-electron chi connectivity index (χ2n) is 5.31. The Morgan fingerprint density at radius 2 is 2.16 bits per heavy atom. The van der Waals surface area contributed by atoms with Gasteiger partial charge in [0.25, 0.3) is 11.1 Å². The van der Waals surface area contributed by atoms with Crippen molar-refractivity contribution in [2.75, 3.05) is 6.61 Å². The zero-order valence-corrected chi connectivity index (χ0v) is 18.0. The predicted octanol–water partition coefficient (Wildman–Crippen LogP) is 4.35. The highest BCUT2D eigenvalue weighted by molar-refractivity contribution is 14.1. The van der Waals surface area contributed by atoms with Gasteiger partial charge in [-0.2, -0.15) is 0 Å². The smallest absolute Gasteiger partial charge is 0.341 e. The summed E-state index contributed by atoms with van der Waals surface area (Å²) >= 11 is 6.30. The van der Waals surface area contributed by atoms with Crippen LogP contribution in [0.4, 0.5) is 4.79 Å². The molecule has 0 saturated carbocycles. The van der Waals surface area contributed by atoms with Crippen molar-refractivity contribution < 1.29 is 24.2 Å². The van der Waals surface area contributed by atoms with Gasteiger partial charge in [0.2, 0.25) is 0 Å². The molecule has 0 aromatic heterocycles. The van der Waals surface area contributed by atoms with Crippen molar-refractivity contribution >= 4 is 73.5 Å². The molecule has 1 aliphatic heterocycles. The van der Waals surface area contributed by atoms with Gasteiger partial charge in [-0.15, -0.1) is 0 Å². The maximum Gasteiger partial charge on any atom is 0.341 e. The average Bonchev–Trinajstić information content (AvgIpc) is 2.79. The fourth-order valence-electron chi connectivity index (χ4n) is 2.13. The number of imide groups is 1. The van der Waals surface area contributed by atoms with Crippen molar-refractivity contribution in [3.05, 3.63) is 30.6 Å². The minimum atomic E-state index is -1.06. The molecule has 1 aromatic rings. The van der Waals surface area contributed by atoms with E-state index in [4.69, 9.17) is 9.84 Å². The maximum atomic E-state index is 12.4. The Bertz CT molecular complexity index is 744. The number of hydrogen-bond donors (Lipinski definition) is 1. The minimum absolute atomic E-state index is 0.142. The fourth-order valence-corrected chi connectivity index (χ4v) is 4.83. The molecule has 1 aromatic carbocycles. The fraction of sp³-hybridized carbons (Fsp3) is 0.312. The quantitative estimate of drug-likeness (QED) is 0.427. The molecular weight excluding hydrogens is 525 g/mol. The summed E-state index contributed by atoms with van der Waals surface area (Å²) in [5, 5.41) is 8.45. The van der Waals surface area contributed by atoms with Crippen LogP contribution in [0.15, 0.2) is 21.5 Å². The lowest BCUT2D eigenvalue weighted by Gasteiger charge is -2.19. The molecule has 1 N–H and O–H groups in total. The molecule has 0 unspecified atom stereocenters. The number of carboxylic acid groups (broad SMARTS) is 1. The molecule has 2 rings (SSSR count). The number of carboxylic acids is 1. The molecule has 1 atom stereocenters. The largest absolute Gasteiger partial charge is 0.480 e. The number of aliphatic carboxylic acids is 1. The first-order chi connectivity index (χ1) is 11.7. The van der Waals surface area contributed by atoms with Crippen LogP contribution in [-0.2, 0) is 9.59 Å². The molecule has 1 aliphatic rings. The summed E-state index contributed by atoms with van der Waals surface area (Å²) in [7, 11) is 0. The van der Waals surface area contributed by atoms with Crippen LogP contribution in [0.3, 0.4) is 0 Å². The van der Waals surface area contributed by atoms with Crippen molar-refractivity contribution in [3.63, 3.8) is 0 Å². The van der Waals surface area contributed by atoms with Gasteiger partial charge < -0.3 is 9.84 Å². The van der Waals surface area contributed by atoms with E-state index in [-0.39, 0.29) is 17.2 Å². The highest BCUT2D eigenvalue weighted by Crippen LogP contribution is 2.37. The molecule has 2 amide bonds. The van der Waals surface area contributed by atoms with Crippen molar-refractivity contribution in [3.8, 4) is 5.75 Å². The van der Waals surface area contributed by atoms with Crippen LogP contribution in [-0.4, -0.2) is 39.8 Å². The molecule has 134 valence electrons. The number of benzene rings is 1. The topological polar surface area (TPSA) is 83.9 Å². The Hall–Kier alpha value is -1.07. The Morgan fingerprint density at radius 1 is 1.48 bits per heavy atom. The third-order valence-corrected chi connectivity index (χ3v) is 5.79. The number of thioether (sulfide) groups is 1. The first-order valence-electron chi connectivity index (χ1n) is 7.35. The van der Waals surface area contributed by atoms with E-state index in [1.54, 1.807) is 18.2 Å². The molecule has 6 nitrogen and oxygen atoms in total. The molecule has 25 heavy (non-hydrogen) atoms. The minimum Gasteiger partial charge on any atom is -0.480 e. The van der Waals surface area contributed by atoms with Crippen molar-refractivity contribution in [2.45, 2.75) is 26.3 Å². The lowest BCUT2D eigenvalue weighted by Crippen LogP contribution is -2.36. The van der Waals surface area contributed by atoms with Crippen molar-refractivity contribution in [1.29, 1.82) is 0 Å². The van der Waals surface area contributed by atoms with E-state index in [9.17, 15) is 14.4 Å². The van der Waals surface area contributed by atoms with Gasteiger partial charge >= 0.3 is 5.97 Å². The van der Waals surface area contributed by atoms with Gasteiger partial charge in [-0.25, -0.2) is 4.79 Å². The summed E-state index contributed by atoms with van der Waals surface area (Å²) in [6.45, 7) is 3.32. The molecule has 0 radical (unpaired) electrons. The summed E-state index contributed by atoms with van der Waals surface area (Å²) in [4.78, 5) is 36.8. The summed E-state index contributed by atoms with van der Waals surface area (Å²) in [5.74, 6) is -0.931. The van der Waals surface area contributed by atoms with Gasteiger partial charge in [0.1, 0.15) is 5.75 Å². The van der Waals surface area contributed by atoms with E-state index in [1.165, 1.54) is 4.90 Å². The normalized spacial score (nSPS) is 17.3.